The molecule has 0 saturated carbocycles. The first kappa shape index (κ1) is 11.9. The zero-order chi connectivity index (χ0) is 11.3. The largest absolute Gasteiger partial charge is 0.389 e. The van der Waals surface area contributed by atoms with Gasteiger partial charge in [0.1, 0.15) is 4.99 Å². The summed E-state index contributed by atoms with van der Waals surface area (Å²) in [5, 5.41) is 3.27. The molecule has 0 heterocycles. The fraction of sp³-hybridized carbons (Fsp3) is 0.364. The highest BCUT2D eigenvalue weighted by Gasteiger charge is 2.01. The first-order valence-corrected chi connectivity index (χ1v) is 5.19. The number of anilines is 1. The van der Waals surface area contributed by atoms with E-state index in [1.807, 2.05) is 25.1 Å². The lowest BCUT2D eigenvalue weighted by Gasteiger charge is -2.10. The molecule has 0 amide bonds. The van der Waals surface area contributed by atoms with Gasteiger partial charge in [0.15, 0.2) is 0 Å². The van der Waals surface area contributed by atoms with Gasteiger partial charge in [-0.1, -0.05) is 12.2 Å². The number of nitrogens with two attached hydrogens (primary N) is 1. The maximum atomic E-state index is 5.55. The molecule has 1 aromatic rings. The molecule has 0 bridgehead atoms. The van der Waals surface area contributed by atoms with Crippen molar-refractivity contribution in [2.45, 2.75) is 6.92 Å². The summed E-state index contributed by atoms with van der Waals surface area (Å²) in [6.07, 6.45) is 0. The Labute approximate surface area is 95.6 Å². The van der Waals surface area contributed by atoms with Gasteiger partial charge in [-0.3, -0.25) is 0 Å². The van der Waals surface area contributed by atoms with Gasteiger partial charge in [-0.2, -0.15) is 0 Å². The minimum atomic E-state index is 0.432. The van der Waals surface area contributed by atoms with E-state index in [1.54, 1.807) is 7.11 Å². The van der Waals surface area contributed by atoms with Gasteiger partial charge in [0.25, 0.3) is 0 Å². The Morgan fingerprint density at radius 1 is 1.53 bits per heavy atom. The molecule has 0 aliphatic carbocycles. The number of hydrogen-bond donors (Lipinski definition) is 2. The highest BCUT2D eigenvalue weighted by molar-refractivity contribution is 7.80. The first-order valence-electron chi connectivity index (χ1n) is 4.78. The highest BCUT2D eigenvalue weighted by atomic mass is 32.1. The summed E-state index contributed by atoms with van der Waals surface area (Å²) < 4.78 is 4.96. The number of thiocarbonyl (C=S) groups is 1. The van der Waals surface area contributed by atoms with Gasteiger partial charge in [0.2, 0.25) is 0 Å². The molecule has 0 aliphatic rings. The Bertz CT molecular complexity index is 352. The van der Waals surface area contributed by atoms with Crippen molar-refractivity contribution in [2.75, 3.05) is 25.6 Å². The molecule has 0 unspecified atom stereocenters. The van der Waals surface area contributed by atoms with Crippen LogP contribution in [0.25, 0.3) is 0 Å². The fourth-order valence-electron chi connectivity index (χ4n) is 1.30. The Morgan fingerprint density at radius 3 is 2.80 bits per heavy atom. The summed E-state index contributed by atoms with van der Waals surface area (Å²) in [4.78, 5) is 0.432. The molecule has 0 radical (unpaired) electrons. The van der Waals surface area contributed by atoms with Gasteiger partial charge in [0, 0.05) is 24.9 Å². The Kier molecular flexibility index (Phi) is 4.52. The van der Waals surface area contributed by atoms with Crippen LogP contribution in [0.1, 0.15) is 11.1 Å². The summed E-state index contributed by atoms with van der Waals surface area (Å²) >= 11 is 4.91. The molecule has 4 heteroatoms. The van der Waals surface area contributed by atoms with Crippen LogP contribution in [0.2, 0.25) is 0 Å². The summed E-state index contributed by atoms with van der Waals surface area (Å²) in [6, 6.07) is 5.89. The Balaban J connectivity index is 2.70. The quantitative estimate of drug-likeness (QED) is 0.590. The van der Waals surface area contributed by atoms with Crippen LogP contribution in [0.5, 0.6) is 0 Å². The van der Waals surface area contributed by atoms with Crippen molar-refractivity contribution in [3.63, 3.8) is 0 Å². The van der Waals surface area contributed by atoms with Crippen LogP contribution in [0.4, 0.5) is 5.69 Å². The van der Waals surface area contributed by atoms with Gasteiger partial charge in [-0.25, -0.2) is 0 Å². The van der Waals surface area contributed by atoms with Gasteiger partial charge >= 0.3 is 0 Å². The zero-order valence-electron chi connectivity index (χ0n) is 9.04. The normalized spacial score (nSPS) is 10.0. The summed E-state index contributed by atoms with van der Waals surface area (Å²) in [5.41, 5.74) is 8.67. The van der Waals surface area contributed by atoms with Crippen LogP contribution >= 0.6 is 12.2 Å². The van der Waals surface area contributed by atoms with E-state index in [9.17, 15) is 0 Å². The molecule has 0 aromatic heterocycles. The lowest BCUT2D eigenvalue weighted by Crippen LogP contribution is -2.11. The molecule has 3 N–H and O–H groups in total. The first-order chi connectivity index (χ1) is 7.15. The maximum absolute atomic E-state index is 5.55. The average Bonchev–Trinajstić information content (AvgIpc) is 2.20. The number of aryl methyl sites for hydroxylation is 1. The Morgan fingerprint density at radius 2 is 2.27 bits per heavy atom. The van der Waals surface area contributed by atoms with E-state index in [0.29, 0.717) is 11.6 Å². The molecule has 1 rings (SSSR count). The number of ether oxygens (including phenoxy) is 1. The SMILES string of the molecule is COCCNc1ccc(C(N)=S)cc1C. The van der Waals surface area contributed by atoms with Crippen molar-refractivity contribution in [3.05, 3.63) is 29.3 Å². The van der Waals surface area contributed by atoms with Crippen molar-refractivity contribution >= 4 is 22.9 Å². The van der Waals surface area contributed by atoms with E-state index in [0.717, 1.165) is 23.4 Å². The molecule has 0 saturated heterocycles. The van der Waals surface area contributed by atoms with Crippen molar-refractivity contribution in [3.8, 4) is 0 Å². The molecule has 0 atom stereocenters. The van der Waals surface area contributed by atoms with Crippen LogP contribution in [0.15, 0.2) is 18.2 Å². The lowest BCUT2D eigenvalue weighted by molar-refractivity contribution is 0.211. The number of rotatable bonds is 5. The smallest absolute Gasteiger partial charge is 0.103 e. The van der Waals surface area contributed by atoms with E-state index in [1.165, 1.54) is 0 Å². The van der Waals surface area contributed by atoms with E-state index >= 15 is 0 Å². The van der Waals surface area contributed by atoms with Crippen molar-refractivity contribution in [1.82, 2.24) is 0 Å². The second-order valence-electron chi connectivity index (χ2n) is 3.31. The van der Waals surface area contributed by atoms with Crippen LogP contribution in [-0.2, 0) is 4.74 Å². The van der Waals surface area contributed by atoms with Crippen LogP contribution in [0.3, 0.4) is 0 Å². The van der Waals surface area contributed by atoms with Crippen LogP contribution in [0, 0.1) is 6.92 Å². The molecule has 3 nitrogen and oxygen atoms in total. The summed E-state index contributed by atoms with van der Waals surface area (Å²) in [6.45, 7) is 3.51. The maximum Gasteiger partial charge on any atom is 0.103 e. The van der Waals surface area contributed by atoms with Gasteiger partial charge in [0.05, 0.1) is 6.61 Å². The van der Waals surface area contributed by atoms with Gasteiger partial charge < -0.3 is 15.8 Å². The Hall–Kier alpha value is -1.13. The number of hydrogen-bond acceptors (Lipinski definition) is 3. The molecule has 0 fully saturated rings. The van der Waals surface area contributed by atoms with Crippen molar-refractivity contribution < 1.29 is 4.74 Å². The second kappa shape index (κ2) is 5.68. The van der Waals surface area contributed by atoms with Crippen LogP contribution in [-0.4, -0.2) is 25.2 Å². The minimum absolute atomic E-state index is 0.432. The van der Waals surface area contributed by atoms with E-state index in [4.69, 9.17) is 22.7 Å². The van der Waals surface area contributed by atoms with Crippen molar-refractivity contribution in [2.24, 2.45) is 5.73 Å². The third-order valence-corrected chi connectivity index (χ3v) is 2.37. The predicted octanol–water partition coefficient (Wildman–Crippen LogP) is 1.69. The van der Waals surface area contributed by atoms with E-state index in [-0.39, 0.29) is 0 Å². The number of benzene rings is 1. The average molecular weight is 224 g/mol. The summed E-state index contributed by atoms with van der Waals surface area (Å²) in [7, 11) is 1.69. The molecule has 0 aliphatic heterocycles. The lowest BCUT2D eigenvalue weighted by atomic mass is 10.1. The predicted molar refractivity (Wildman–Crippen MR) is 67.4 cm³/mol. The topological polar surface area (TPSA) is 47.3 Å². The second-order valence-corrected chi connectivity index (χ2v) is 3.75. The molecule has 82 valence electrons. The van der Waals surface area contributed by atoms with Crippen molar-refractivity contribution in [1.29, 1.82) is 0 Å². The third-order valence-electron chi connectivity index (χ3n) is 2.13. The molecule has 15 heavy (non-hydrogen) atoms. The standard InChI is InChI=1S/C11H16N2OS/c1-8-7-9(11(12)15)3-4-10(8)13-5-6-14-2/h3-4,7,13H,5-6H2,1-2H3,(H2,12,15). The monoisotopic (exact) mass is 224 g/mol. The summed E-state index contributed by atoms with van der Waals surface area (Å²) in [5.74, 6) is 0. The fourth-order valence-corrected chi connectivity index (χ4v) is 1.43. The molecular weight excluding hydrogens is 208 g/mol. The third kappa shape index (κ3) is 3.49. The van der Waals surface area contributed by atoms with Crippen LogP contribution < -0.4 is 11.1 Å². The zero-order valence-corrected chi connectivity index (χ0v) is 9.86. The van der Waals surface area contributed by atoms with Gasteiger partial charge in [-0.05, 0) is 30.7 Å². The minimum Gasteiger partial charge on any atom is -0.389 e. The molecular formula is C11H16N2OS. The highest BCUT2D eigenvalue weighted by Crippen LogP contribution is 2.16. The van der Waals surface area contributed by atoms with E-state index < -0.39 is 0 Å². The van der Waals surface area contributed by atoms with E-state index in [2.05, 4.69) is 5.32 Å². The number of methoxy groups -OCH3 is 1. The molecule has 0 spiro atoms. The number of nitrogens with one attached hydrogen (secondary N) is 1. The van der Waals surface area contributed by atoms with Gasteiger partial charge in [-0.15, -0.1) is 0 Å². The molecule has 1 aromatic carbocycles.